The van der Waals surface area contributed by atoms with Crippen LogP contribution in [0.15, 0.2) is 30.0 Å². The highest BCUT2D eigenvalue weighted by Crippen LogP contribution is 2.30. The van der Waals surface area contributed by atoms with Gasteiger partial charge in [-0.3, -0.25) is 14.4 Å². The predicted octanol–water partition coefficient (Wildman–Crippen LogP) is 1.95. The summed E-state index contributed by atoms with van der Waals surface area (Å²) < 4.78 is 0. The summed E-state index contributed by atoms with van der Waals surface area (Å²) >= 11 is 0. The van der Waals surface area contributed by atoms with E-state index in [1.807, 2.05) is 0 Å². The molecule has 8 heteroatoms. The fourth-order valence-corrected chi connectivity index (χ4v) is 4.43. The lowest BCUT2D eigenvalue weighted by atomic mass is 9.97. The lowest BCUT2D eigenvalue weighted by Gasteiger charge is -2.39. The number of allylic oxidation sites excluding steroid dienone is 1. The van der Waals surface area contributed by atoms with Gasteiger partial charge < -0.3 is 20.9 Å². The molecule has 3 aliphatic rings. The van der Waals surface area contributed by atoms with E-state index in [0.717, 1.165) is 19.3 Å². The minimum Gasteiger partial charge on any atom is -0.354 e. The van der Waals surface area contributed by atoms with Gasteiger partial charge in [0.1, 0.15) is 11.5 Å². The Bertz CT molecular complexity index is 868. The fraction of sp³-hybridized carbons (Fsp3) is 0.545. The quantitative estimate of drug-likeness (QED) is 0.643. The highest BCUT2D eigenvalue weighted by Gasteiger charge is 2.41. The summed E-state index contributed by atoms with van der Waals surface area (Å²) in [4.78, 5) is 43.3. The number of aromatic nitrogens is 1. The second-order valence-electron chi connectivity index (χ2n) is 8.33. The zero-order valence-electron chi connectivity index (χ0n) is 17.2. The van der Waals surface area contributed by atoms with Crippen LogP contribution in [0.2, 0.25) is 0 Å². The first kappa shape index (κ1) is 20.4. The van der Waals surface area contributed by atoms with Crippen LogP contribution in [0.4, 0.5) is 5.82 Å². The van der Waals surface area contributed by atoms with Crippen LogP contribution in [0.1, 0.15) is 61.7 Å². The summed E-state index contributed by atoms with van der Waals surface area (Å²) in [6.45, 7) is 1.06. The molecule has 1 saturated heterocycles. The van der Waals surface area contributed by atoms with E-state index in [4.69, 9.17) is 0 Å². The molecule has 0 saturated carbocycles. The maximum atomic E-state index is 12.6. The van der Waals surface area contributed by atoms with Gasteiger partial charge in [-0.05, 0) is 50.7 Å². The molecule has 2 aliphatic heterocycles. The number of carbonyl (C=O) groups is 3. The number of hydrogen-bond donors (Lipinski definition) is 3. The zero-order chi connectivity index (χ0) is 21.0. The van der Waals surface area contributed by atoms with Gasteiger partial charge in [0.05, 0.1) is 12.1 Å². The van der Waals surface area contributed by atoms with Gasteiger partial charge in [-0.2, -0.15) is 0 Å². The van der Waals surface area contributed by atoms with Crippen LogP contribution < -0.4 is 16.0 Å². The van der Waals surface area contributed by atoms with Crippen molar-refractivity contribution in [3.05, 3.63) is 35.5 Å². The van der Waals surface area contributed by atoms with Crippen LogP contribution in [0, 0.1) is 0 Å². The number of anilines is 1. The number of hydrogen-bond acceptors (Lipinski definition) is 5. The van der Waals surface area contributed by atoms with Crippen molar-refractivity contribution >= 4 is 23.5 Å². The van der Waals surface area contributed by atoms with Crippen molar-refractivity contribution < 1.29 is 14.4 Å². The highest BCUT2D eigenvalue weighted by atomic mass is 16.2. The standard InChI is InChI=1S/C22H29N5O3/c28-18(23-13-9-16-5-2-1-3-6-16)15-27-14-11-22(10-8-19(27)29)25-20-17(21(30)26-22)7-4-12-24-20/h4-5,7,12H,1-3,6,8-11,13-15H2,(H,23,28)(H,24,25)(H,26,30). The Labute approximate surface area is 176 Å². The van der Waals surface area contributed by atoms with E-state index >= 15 is 0 Å². The van der Waals surface area contributed by atoms with Gasteiger partial charge in [-0.1, -0.05) is 11.6 Å². The first-order valence-corrected chi connectivity index (χ1v) is 10.8. The van der Waals surface area contributed by atoms with E-state index in [-0.39, 0.29) is 30.7 Å². The van der Waals surface area contributed by atoms with Gasteiger partial charge in [0.15, 0.2) is 0 Å². The third kappa shape index (κ3) is 4.63. The molecule has 3 heterocycles. The Kier molecular flexibility index (Phi) is 6.01. The molecule has 30 heavy (non-hydrogen) atoms. The number of nitrogens with zero attached hydrogens (tertiary/aromatic N) is 2. The van der Waals surface area contributed by atoms with Crippen molar-refractivity contribution in [2.24, 2.45) is 0 Å². The van der Waals surface area contributed by atoms with E-state index in [2.05, 4.69) is 27.0 Å². The lowest BCUT2D eigenvalue weighted by molar-refractivity contribution is -0.135. The molecule has 160 valence electrons. The van der Waals surface area contributed by atoms with E-state index in [1.165, 1.54) is 18.4 Å². The number of fused-ring (bicyclic) bond motifs is 1. The number of rotatable bonds is 5. The second-order valence-corrected chi connectivity index (χ2v) is 8.33. The second kappa shape index (κ2) is 8.85. The Morgan fingerprint density at radius 2 is 2.10 bits per heavy atom. The zero-order valence-corrected chi connectivity index (χ0v) is 17.2. The number of pyridine rings is 1. The average molecular weight is 412 g/mol. The molecular weight excluding hydrogens is 382 g/mol. The summed E-state index contributed by atoms with van der Waals surface area (Å²) in [6.07, 6.45) is 10.8. The van der Waals surface area contributed by atoms with E-state index < -0.39 is 5.66 Å². The highest BCUT2D eigenvalue weighted by molar-refractivity contribution is 6.01. The normalized spacial score (nSPS) is 23.7. The summed E-state index contributed by atoms with van der Waals surface area (Å²) in [6, 6.07) is 3.44. The van der Waals surface area contributed by atoms with Gasteiger partial charge in [-0.15, -0.1) is 0 Å². The van der Waals surface area contributed by atoms with Crippen molar-refractivity contribution in [2.45, 2.75) is 57.0 Å². The summed E-state index contributed by atoms with van der Waals surface area (Å²) in [7, 11) is 0. The van der Waals surface area contributed by atoms with Gasteiger partial charge in [0.25, 0.3) is 5.91 Å². The van der Waals surface area contributed by atoms with Crippen LogP contribution in [0.5, 0.6) is 0 Å². The minimum absolute atomic E-state index is 0.0523. The van der Waals surface area contributed by atoms with Crippen LogP contribution >= 0.6 is 0 Å². The van der Waals surface area contributed by atoms with Crippen LogP contribution in [-0.4, -0.2) is 52.9 Å². The molecule has 1 atom stereocenters. The van der Waals surface area contributed by atoms with Crippen molar-refractivity contribution in [3.8, 4) is 0 Å². The molecule has 0 bridgehead atoms. The number of amides is 3. The maximum Gasteiger partial charge on any atom is 0.256 e. The molecule has 1 aliphatic carbocycles. The van der Waals surface area contributed by atoms with Crippen LogP contribution in [0.25, 0.3) is 0 Å². The van der Waals surface area contributed by atoms with E-state index in [9.17, 15) is 14.4 Å². The molecule has 3 amide bonds. The third-order valence-electron chi connectivity index (χ3n) is 6.18. The molecule has 1 fully saturated rings. The molecule has 1 unspecified atom stereocenters. The van der Waals surface area contributed by atoms with Crippen molar-refractivity contribution in [1.82, 2.24) is 20.5 Å². The summed E-state index contributed by atoms with van der Waals surface area (Å²) in [5.41, 5.74) is 1.21. The summed E-state index contributed by atoms with van der Waals surface area (Å²) in [5, 5.41) is 9.28. The molecule has 1 aromatic rings. The van der Waals surface area contributed by atoms with Gasteiger partial charge in [-0.25, -0.2) is 4.98 Å². The van der Waals surface area contributed by atoms with E-state index in [1.54, 1.807) is 23.2 Å². The lowest BCUT2D eigenvalue weighted by Crippen LogP contribution is -2.58. The van der Waals surface area contributed by atoms with Crippen LogP contribution in [0.3, 0.4) is 0 Å². The molecular formula is C22H29N5O3. The molecule has 0 radical (unpaired) electrons. The first-order chi connectivity index (χ1) is 14.5. The SMILES string of the molecule is O=C(CN1CCC2(CCC1=O)NC(=O)c1cccnc1N2)NCCC1=CCCCC1. The van der Waals surface area contributed by atoms with Gasteiger partial charge in [0.2, 0.25) is 11.8 Å². The summed E-state index contributed by atoms with van der Waals surface area (Å²) in [5.74, 6) is 0.146. The van der Waals surface area contributed by atoms with Gasteiger partial charge >= 0.3 is 0 Å². The van der Waals surface area contributed by atoms with Crippen molar-refractivity contribution in [1.29, 1.82) is 0 Å². The minimum atomic E-state index is -0.715. The predicted molar refractivity (Wildman–Crippen MR) is 113 cm³/mol. The molecule has 4 rings (SSSR count). The monoisotopic (exact) mass is 411 g/mol. The van der Waals surface area contributed by atoms with E-state index in [0.29, 0.717) is 37.3 Å². The first-order valence-electron chi connectivity index (χ1n) is 10.8. The fourth-order valence-electron chi connectivity index (χ4n) is 4.43. The number of nitrogens with one attached hydrogen (secondary N) is 3. The topological polar surface area (TPSA) is 103 Å². The Morgan fingerprint density at radius 1 is 1.20 bits per heavy atom. The molecule has 0 aromatic carbocycles. The number of likely N-dealkylation sites (tertiary alicyclic amines) is 1. The largest absolute Gasteiger partial charge is 0.354 e. The Morgan fingerprint density at radius 3 is 2.93 bits per heavy atom. The number of carbonyl (C=O) groups excluding carboxylic acids is 3. The Hall–Kier alpha value is -2.90. The molecule has 8 nitrogen and oxygen atoms in total. The Balaban J connectivity index is 1.31. The van der Waals surface area contributed by atoms with Gasteiger partial charge in [0, 0.05) is 32.1 Å². The smallest absolute Gasteiger partial charge is 0.256 e. The molecule has 3 N–H and O–H groups in total. The third-order valence-corrected chi connectivity index (χ3v) is 6.18. The van der Waals surface area contributed by atoms with Crippen molar-refractivity contribution in [3.63, 3.8) is 0 Å². The van der Waals surface area contributed by atoms with Crippen molar-refractivity contribution in [2.75, 3.05) is 25.0 Å². The molecule has 1 spiro atoms. The average Bonchev–Trinajstić information content (AvgIpc) is 2.89. The van der Waals surface area contributed by atoms with Crippen LogP contribution in [-0.2, 0) is 9.59 Å². The molecule has 1 aromatic heterocycles. The maximum absolute atomic E-state index is 12.6.